The second-order valence-electron chi connectivity index (χ2n) is 9.95. The predicted octanol–water partition coefficient (Wildman–Crippen LogP) is 3.35. The summed E-state index contributed by atoms with van der Waals surface area (Å²) in [5.41, 5.74) is 3.97. The van der Waals surface area contributed by atoms with Gasteiger partial charge < -0.3 is 15.1 Å². The zero-order valence-corrected chi connectivity index (χ0v) is 21.4. The molecule has 3 amide bonds. The van der Waals surface area contributed by atoms with Gasteiger partial charge in [-0.05, 0) is 37.5 Å². The van der Waals surface area contributed by atoms with E-state index in [0.717, 1.165) is 16.8 Å². The molecule has 1 N–H and O–H groups in total. The van der Waals surface area contributed by atoms with E-state index in [0.29, 0.717) is 56.7 Å². The van der Waals surface area contributed by atoms with Crippen LogP contribution >= 0.6 is 0 Å². The number of benzene rings is 2. The lowest BCUT2D eigenvalue weighted by atomic mass is 9.94. The summed E-state index contributed by atoms with van der Waals surface area (Å²) in [6.07, 6.45) is 1.89. The number of hydrogen-bond acceptors (Lipinski definition) is 4. The second-order valence-corrected chi connectivity index (χ2v) is 9.95. The molecule has 3 aromatic rings. The number of piperidine rings is 1. The number of fused-ring (bicyclic) bond motifs is 1. The topological polar surface area (TPSA) is 87.5 Å². The molecule has 0 spiro atoms. The summed E-state index contributed by atoms with van der Waals surface area (Å²) >= 11 is 0. The van der Waals surface area contributed by atoms with Gasteiger partial charge in [-0.2, -0.15) is 5.10 Å². The number of carbonyl (C=O) groups excluding carboxylic acids is 3. The summed E-state index contributed by atoms with van der Waals surface area (Å²) in [7, 11) is 1.86. The van der Waals surface area contributed by atoms with E-state index in [4.69, 9.17) is 0 Å². The Bertz CT molecular complexity index is 1280. The highest BCUT2D eigenvalue weighted by Crippen LogP contribution is 2.27. The summed E-state index contributed by atoms with van der Waals surface area (Å²) in [5, 5.41) is 7.69. The van der Waals surface area contributed by atoms with Gasteiger partial charge in [0.1, 0.15) is 0 Å². The summed E-state index contributed by atoms with van der Waals surface area (Å²) in [4.78, 5) is 43.0. The molecule has 3 heterocycles. The van der Waals surface area contributed by atoms with Crippen LogP contribution in [0.15, 0.2) is 60.7 Å². The van der Waals surface area contributed by atoms with Gasteiger partial charge in [-0.15, -0.1) is 0 Å². The molecule has 1 unspecified atom stereocenters. The van der Waals surface area contributed by atoms with Gasteiger partial charge in [0.15, 0.2) is 5.69 Å². The molecule has 0 aliphatic carbocycles. The summed E-state index contributed by atoms with van der Waals surface area (Å²) in [6.45, 7) is 3.97. The quantitative estimate of drug-likeness (QED) is 0.583. The van der Waals surface area contributed by atoms with Crippen molar-refractivity contribution in [3.63, 3.8) is 0 Å². The first-order valence-corrected chi connectivity index (χ1v) is 13.0. The molecule has 5 rings (SSSR count). The smallest absolute Gasteiger partial charge is 0.274 e. The third-order valence-corrected chi connectivity index (χ3v) is 7.56. The third kappa shape index (κ3) is 5.14. The van der Waals surface area contributed by atoms with Gasteiger partial charge in [-0.1, -0.05) is 48.5 Å². The molecule has 2 aliphatic heterocycles. The van der Waals surface area contributed by atoms with Crippen LogP contribution in [0.4, 0.5) is 0 Å². The van der Waals surface area contributed by atoms with Gasteiger partial charge in [0, 0.05) is 55.8 Å². The standard InChI is InChI=1S/C29H33N5O3/c1-20(21-9-5-3-6-10-21)30-27(35)22-13-16-33(17-14-22)29(37)26-24-19-34(18-15-25(24)32(2)31-26)28(36)23-11-7-4-8-12-23/h3-12,20,22H,13-19H2,1-2H3,(H,30,35). The average molecular weight is 500 g/mol. The Morgan fingerprint density at radius 1 is 0.892 bits per heavy atom. The van der Waals surface area contributed by atoms with Crippen molar-refractivity contribution in [2.24, 2.45) is 13.0 Å². The van der Waals surface area contributed by atoms with Gasteiger partial charge in [-0.3, -0.25) is 19.1 Å². The largest absolute Gasteiger partial charge is 0.349 e. The Labute approximate surface area is 217 Å². The van der Waals surface area contributed by atoms with E-state index < -0.39 is 0 Å². The molecule has 1 fully saturated rings. The number of hydrogen-bond donors (Lipinski definition) is 1. The van der Waals surface area contributed by atoms with Crippen LogP contribution in [0.2, 0.25) is 0 Å². The van der Waals surface area contributed by atoms with Crippen LogP contribution in [-0.2, 0) is 24.8 Å². The van der Waals surface area contributed by atoms with Crippen LogP contribution < -0.4 is 5.32 Å². The van der Waals surface area contributed by atoms with E-state index in [9.17, 15) is 14.4 Å². The van der Waals surface area contributed by atoms with Crippen LogP contribution in [0.3, 0.4) is 0 Å². The number of nitrogens with zero attached hydrogens (tertiary/aromatic N) is 4. The number of rotatable bonds is 5. The highest BCUT2D eigenvalue weighted by molar-refractivity contribution is 5.96. The van der Waals surface area contributed by atoms with Crippen LogP contribution in [0.1, 0.15) is 63.5 Å². The second kappa shape index (κ2) is 10.6. The molecular weight excluding hydrogens is 466 g/mol. The fraction of sp³-hybridized carbons (Fsp3) is 0.379. The van der Waals surface area contributed by atoms with Crippen LogP contribution in [0, 0.1) is 5.92 Å². The maximum Gasteiger partial charge on any atom is 0.274 e. The van der Waals surface area contributed by atoms with E-state index in [1.54, 1.807) is 14.5 Å². The molecule has 37 heavy (non-hydrogen) atoms. The van der Waals surface area contributed by atoms with Crippen molar-refractivity contribution in [2.45, 2.75) is 38.8 Å². The minimum Gasteiger partial charge on any atom is -0.349 e. The van der Waals surface area contributed by atoms with Gasteiger partial charge >= 0.3 is 0 Å². The Kier molecular flexibility index (Phi) is 7.08. The molecule has 1 aromatic heterocycles. The fourth-order valence-corrected chi connectivity index (χ4v) is 5.35. The molecule has 8 nitrogen and oxygen atoms in total. The van der Waals surface area contributed by atoms with Crippen molar-refractivity contribution in [1.82, 2.24) is 24.9 Å². The first-order valence-electron chi connectivity index (χ1n) is 13.0. The highest BCUT2D eigenvalue weighted by Gasteiger charge is 2.34. The lowest BCUT2D eigenvalue weighted by Gasteiger charge is -2.32. The van der Waals surface area contributed by atoms with E-state index in [-0.39, 0.29) is 29.7 Å². The first-order chi connectivity index (χ1) is 17.9. The Morgan fingerprint density at radius 2 is 1.54 bits per heavy atom. The fourth-order valence-electron chi connectivity index (χ4n) is 5.35. The number of carbonyl (C=O) groups is 3. The lowest BCUT2D eigenvalue weighted by Crippen LogP contribution is -2.44. The normalized spacial score (nSPS) is 16.7. The van der Waals surface area contributed by atoms with Crippen LogP contribution in [-0.4, -0.2) is 56.9 Å². The van der Waals surface area contributed by atoms with Crippen molar-refractivity contribution < 1.29 is 14.4 Å². The van der Waals surface area contributed by atoms with Crippen LogP contribution in [0.25, 0.3) is 0 Å². The van der Waals surface area contributed by atoms with Crippen molar-refractivity contribution in [1.29, 1.82) is 0 Å². The zero-order valence-electron chi connectivity index (χ0n) is 21.4. The third-order valence-electron chi connectivity index (χ3n) is 7.56. The molecule has 0 bridgehead atoms. The Morgan fingerprint density at radius 3 is 2.22 bits per heavy atom. The molecule has 2 aromatic carbocycles. The molecule has 0 saturated carbocycles. The lowest BCUT2D eigenvalue weighted by molar-refractivity contribution is -0.127. The number of aryl methyl sites for hydroxylation is 1. The summed E-state index contributed by atoms with van der Waals surface area (Å²) in [6, 6.07) is 19.1. The maximum absolute atomic E-state index is 13.5. The molecular formula is C29H33N5O3. The molecule has 1 saturated heterocycles. The molecule has 192 valence electrons. The van der Waals surface area contributed by atoms with Crippen molar-refractivity contribution >= 4 is 17.7 Å². The van der Waals surface area contributed by atoms with E-state index in [2.05, 4.69) is 10.4 Å². The average Bonchev–Trinajstić information content (AvgIpc) is 3.28. The van der Waals surface area contributed by atoms with Gasteiger partial charge in [-0.25, -0.2) is 0 Å². The van der Waals surface area contributed by atoms with Crippen molar-refractivity contribution in [3.05, 3.63) is 88.7 Å². The highest BCUT2D eigenvalue weighted by atomic mass is 16.2. The SMILES string of the molecule is CC(NC(=O)C1CCN(C(=O)c2nn(C)c3c2CN(C(=O)c2ccccc2)CC3)CC1)c1ccccc1. The number of amides is 3. The van der Waals surface area contributed by atoms with Crippen LogP contribution in [0.5, 0.6) is 0 Å². The van der Waals surface area contributed by atoms with Gasteiger partial charge in [0.25, 0.3) is 11.8 Å². The Balaban J connectivity index is 1.22. The van der Waals surface area contributed by atoms with Gasteiger partial charge in [0.2, 0.25) is 5.91 Å². The Hall–Kier alpha value is -3.94. The monoisotopic (exact) mass is 499 g/mol. The van der Waals surface area contributed by atoms with E-state index >= 15 is 0 Å². The van der Waals surface area contributed by atoms with E-state index in [1.807, 2.05) is 74.6 Å². The van der Waals surface area contributed by atoms with E-state index in [1.165, 1.54) is 0 Å². The van der Waals surface area contributed by atoms with Crippen molar-refractivity contribution in [2.75, 3.05) is 19.6 Å². The van der Waals surface area contributed by atoms with Gasteiger partial charge in [0.05, 0.1) is 12.6 Å². The number of likely N-dealkylation sites (tertiary alicyclic amines) is 1. The maximum atomic E-state index is 13.5. The minimum atomic E-state index is -0.123. The first kappa shape index (κ1) is 24.7. The summed E-state index contributed by atoms with van der Waals surface area (Å²) < 4.78 is 1.78. The summed E-state index contributed by atoms with van der Waals surface area (Å²) in [5.74, 6) is -0.243. The molecule has 2 aliphatic rings. The number of aromatic nitrogens is 2. The zero-order chi connectivity index (χ0) is 25.9. The van der Waals surface area contributed by atoms with Crippen molar-refractivity contribution in [3.8, 4) is 0 Å². The minimum absolute atomic E-state index is 0.0359. The number of nitrogens with one attached hydrogen (secondary N) is 1. The molecule has 0 radical (unpaired) electrons. The predicted molar refractivity (Wildman–Crippen MR) is 140 cm³/mol. The molecule has 8 heteroatoms. The molecule has 1 atom stereocenters.